The molecule has 0 spiro atoms. The Hall–Kier alpha value is -0.0800. The lowest BCUT2D eigenvalue weighted by Gasteiger charge is -2.27. The molecule has 84 valence electrons. The molecule has 2 nitrogen and oxygen atoms in total. The molecule has 0 amide bonds. The number of nitrogens with zero attached hydrogens (tertiary/aromatic N) is 1. The van der Waals surface area contributed by atoms with Crippen molar-refractivity contribution in [3.63, 3.8) is 0 Å². The van der Waals surface area contributed by atoms with Crippen molar-refractivity contribution in [2.45, 2.75) is 58.5 Å². The van der Waals surface area contributed by atoms with Gasteiger partial charge in [-0.25, -0.2) is 0 Å². The van der Waals surface area contributed by atoms with Crippen LogP contribution in [0.2, 0.25) is 0 Å². The monoisotopic (exact) mass is 198 g/mol. The first-order chi connectivity index (χ1) is 6.65. The highest BCUT2D eigenvalue weighted by Gasteiger charge is 2.28. The summed E-state index contributed by atoms with van der Waals surface area (Å²) >= 11 is 0. The minimum absolute atomic E-state index is 0.466. The van der Waals surface area contributed by atoms with E-state index >= 15 is 0 Å². The van der Waals surface area contributed by atoms with Gasteiger partial charge in [-0.1, -0.05) is 6.92 Å². The zero-order valence-corrected chi connectivity index (χ0v) is 10.00. The lowest BCUT2D eigenvalue weighted by Crippen LogP contribution is -2.36. The summed E-state index contributed by atoms with van der Waals surface area (Å²) in [6.07, 6.45) is 5.17. The molecule has 0 saturated heterocycles. The molecule has 0 heterocycles. The van der Waals surface area contributed by atoms with Gasteiger partial charge in [-0.05, 0) is 58.5 Å². The lowest BCUT2D eigenvalue weighted by atomic mass is 10.1. The van der Waals surface area contributed by atoms with Crippen LogP contribution in [0.1, 0.15) is 46.5 Å². The van der Waals surface area contributed by atoms with Crippen molar-refractivity contribution in [2.75, 3.05) is 13.1 Å². The highest BCUT2D eigenvalue weighted by atomic mass is 15.1. The molecule has 1 unspecified atom stereocenters. The summed E-state index contributed by atoms with van der Waals surface area (Å²) in [7, 11) is 0. The molecule has 0 aromatic heterocycles. The first kappa shape index (κ1) is 12.0. The second kappa shape index (κ2) is 5.72. The third-order valence-electron chi connectivity index (χ3n) is 3.22. The Morgan fingerprint density at radius 1 is 1.29 bits per heavy atom. The first-order valence-corrected chi connectivity index (χ1v) is 6.14. The Labute approximate surface area is 88.8 Å². The van der Waals surface area contributed by atoms with Gasteiger partial charge < -0.3 is 10.6 Å². The fourth-order valence-corrected chi connectivity index (χ4v) is 1.99. The zero-order chi connectivity index (χ0) is 10.6. The van der Waals surface area contributed by atoms with Crippen LogP contribution in [0.4, 0.5) is 0 Å². The van der Waals surface area contributed by atoms with Crippen LogP contribution in [-0.4, -0.2) is 30.1 Å². The summed E-state index contributed by atoms with van der Waals surface area (Å²) in [5.74, 6) is 0.852. The third-order valence-corrected chi connectivity index (χ3v) is 3.22. The largest absolute Gasteiger partial charge is 0.327 e. The predicted molar refractivity (Wildman–Crippen MR) is 62.3 cm³/mol. The average Bonchev–Trinajstić information content (AvgIpc) is 2.94. The average molecular weight is 198 g/mol. The fraction of sp³-hybridized carbons (Fsp3) is 1.00. The van der Waals surface area contributed by atoms with E-state index in [9.17, 15) is 0 Å². The second-order valence-electron chi connectivity index (χ2n) is 4.92. The molecule has 0 aliphatic heterocycles. The van der Waals surface area contributed by atoms with Crippen LogP contribution in [0.15, 0.2) is 0 Å². The van der Waals surface area contributed by atoms with Gasteiger partial charge in [0, 0.05) is 12.1 Å². The maximum Gasteiger partial charge on any atom is 0.00793 e. The van der Waals surface area contributed by atoms with Crippen molar-refractivity contribution in [1.29, 1.82) is 0 Å². The maximum absolute atomic E-state index is 6.10. The molecule has 1 fully saturated rings. The van der Waals surface area contributed by atoms with Crippen LogP contribution in [0.25, 0.3) is 0 Å². The van der Waals surface area contributed by atoms with Crippen LogP contribution >= 0.6 is 0 Å². The van der Waals surface area contributed by atoms with Crippen molar-refractivity contribution in [3.8, 4) is 0 Å². The summed E-state index contributed by atoms with van der Waals surface area (Å²) in [6.45, 7) is 9.20. The minimum atomic E-state index is 0.466. The van der Waals surface area contributed by atoms with Gasteiger partial charge in [-0.15, -0.1) is 0 Å². The molecule has 1 rings (SSSR count). The highest BCUT2D eigenvalue weighted by Crippen LogP contribution is 2.32. The Morgan fingerprint density at radius 3 is 2.36 bits per heavy atom. The molecular formula is C12H26N2. The van der Waals surface area contributed by atoms with E-state index in [1.807, 2.05) is 0 Å². The van der Waals surface area contributed by atoms with Gasteiger partial charge in [0.1, 0.15) is 0 Å². The number of rotatable bonds is 7. The standard InChI is InChI=1S/C12H26N2/c1-4-8-14(10(2)3)9-7-12(13)11-5-6-11/h10-12H,4-9,13H2,1-3H3. The van der Waals surface area contributed by atoms with E-state index in [0.29, 0.717) is 12.1 Å². The van der Waals surface area contributed by atoms with Gasteiger partial charge in [-0.3, -0.25) is 0 Å². The molecule has 1 saturated carbocycles. The van der Waals surface area contributed by atoms with Crippen molar-refractivity contribution in [2.24, 2.45) is 11.7 Å². The summed E-state index contributed by atoms with van der Waals surface area (Å²) < 4.78 is 0. The molecule has 0 aromatic carbocycles. The second-order valence-corrected chi connectivity index (χ2v) is 4.92. The van der Waals surface area contributed by atoms with Gasteiger partial charge in [0.25, 0.3) is 0 Å². The highest BCUT2D eigenvalue weighted by molar-refractivity contribution is 4.84. The molecule has 0 bridgehead atoms. The zero-order valence-electron chi connectivity index (χ0n) is 10.00. The quantitative estimate of drug-likeness (QED) is 0.680. The van der Waals surface area contributed by atoms with Crippen LogP contribution in [-0.2, 0) is 0 Å². The van der Waals surface area contributed by atoms with E-state index in [1.54, 1.807) is 0 Å². The molecule has 0 radical (unpaired) electrons. The topological polar surface area (TPSA) is 29.3 Å². The molecular weight excluding hydrogens is 172 g/mol. The summed E-state index contributed by atoms with van der Waals surface area (Å²) in [6, 6.07) is 1.13. The Bertz CT molecular complexity index is 152. The summed E-state index contributed by atoms with van der Waals surface area (Å²) in [5, 5.41) is 0. The molecule has 14 heavy (non-hydrogen) atoms. The minimum Gasteiger partial charge on any atom is -0.327 e. The van der Waals surface area contributed by atoms with Crippen molar-refractivity contribution in [1.82, 2.24) is 4.90 Å². The van der Waals surface area contributed by atoms with Gasteiger partial charge in [0.2, 0.25) is 0 Å². The van der Waals surface area contributed by atoms with Gasteiger partial charge in [0.05, 0.1) is 0 Å². The SMILES string of the molecule is CCCN(CCC(N)C1CC1)C(C)C. The van der Waals surface area contributed by atoms with Crippen LogP contribution < -0.4 is 5.73 Å². The van der Waals surface area contributed by atoms with E-state index in [1.165, 1.54) is 38.8 Å². The predicted octanol–water partition coefficient (Wildman–Crippen LogP) is 2.23. The molecule has 1 aliphatic rings. The van der Waals surface area contributed by atoms with Crippen LogP contribution in [0.3, 0.4) is 0 Å². The van der Waals surface area contributed by atoms with Crippen molar-refractivity contribution >= 4 is 0 Å². The Balaban J connectivity index is 2.17. The van der Waals surface area contributed by atoms with Crippen molar-refractivity contribution in [3.05, 3.63) is 0 Å². The maximum atomic E-state index is 6.10. The number of hydrogen-bond acceptors (Lipinski definition) is 2. The van der Waals surface area contributed by atoms with E-state index in [4.69, 9.17) is 5.73 Å². The molecule has 2 N–H and O–H groups in total. The van der Waals surface area contributed by atoms with Gasteiger partial charge in [-0.2, -0.15) is 0 Å². The van der Waals surface area contributed by atoms with E-state index in [2.05, 4.69) is 25.7 Å². The van der Waals surface area contributed by atoms with Gasteiger partial charge >= 0.3 is 0 Å². The van der Waals surface area contributed by atoms with Crippen LogP contribution in [0, 0.1) is 5.92 Å². The number of hydrogen-bond donors (Lipinski definition) is 1. The third kappa shape index (κ3) is 3.97. The van der Waals surface area contributed by atoms with Gasteiger partial charge in [0.15, 0.2) is 0 Å². The van der Waals surface area contributed by atoms with Crippen molar-refractivity contribution < 1.29 is 0 Å². The lowest BCUT2D eigenvalue weighted by molar-refractivity contribution is 0.211. The molecule has 1 atom stereocenters. The normalized spacial score (nSPS) is 19.3. The van der Waals surface area contributed by atoms with Crippen LogP contribution in [0.5, 0.6) is 0 Å². The Morgan fingerprint density at radius 2 is 1.93 bits per heavy atom. The summed E-state index contributed by atoms with van der Waals surface area (Å²) in [4.78, 5) is 2.54. The first-order valence-electron chi connectivity index (χ1n) is 6.14. The number of nitrogens with two attached hydrogens (primary N) is 1. The fourth-order valence-electron chi connectivity index (χ4n) is 1.99. The Kier molecular flexibility index (Phi) is 4.90. The smallest absolute Gasteiger partial charge is 0.00793 e. The molecule has 1 aliphatic carbocycles. The molecule has 0 aromatic rings. The summed E-state index contributed by atoms with van der Waals surface area (Å²) in [5.41, 5.74) is 6.10. The van der Waals surface area contributed by atoms with E-state index in [-0.39, 0.29) is 0 Å². The van der Waals surface area contributed by atoms with E-state index < -0.39 is 0 Å². The van der Waals surface area contributed by atoms with E-state index in [0.717, 1.165) is 5.92 Å². The molecule has 2 heteroatoms.